The smallest absolute Gasteiger partial charge is 0.0608 e. The molecule has 0 aromatic rings. The van der Waals surface area contributed by atoms with Crippen molar-refractivity contribution in [3.63, 3.8) is 0 Å². The van der Waals surface area contributed by atoms with E-state index in [0.29, 0.717) is 6.54 Å². The topological polar surface area (TPSA) is 55.5 Å². The standard InChI is InChI=1S/C12H25NO2/c1-15-9-5-4-8-12(10-13)7-3-2-6-11(12)14/h11,14H,2-10,13H2,1H3. The third-order valence-corrected chi connectivity index (χ3v) is 3.79. The van der Waals surface area contributed by atoms with Crippen LogP contribution in [0.5, 0.6) is 0 Å². The molecule has 3 N–H and O–H groups in total. The Morgan fingerprint density at radius 2 is 2.20 bits per heavy atom. The first-order valence-electron chi connectivity index (χ1n) is 6.12. The highest BCUT2D eigenvalue weighted by Gasteiger charge is 2.37. The predicted molar refractivity (Wildman–Crippen MR) is 61.7 cm³/mol. The Bertz CT molecular complexity index is 175. The van der Waals surface area contributed by atoms with Crippen molar-refractivity contribution in [2.75, 3.05) is 20.3 Å². The summed E-state index contributed by atoms with van der Waals surface area (Å²) in [6, 6.07) is 0. The molecular formula is C12H25NO2. The number of aliphatic hydroxyl groups is 1. The van der Waals surface area contributed by atoms with Crippen molar-refractivity contribution in [2.24, 2.45) is 11.1 Å². The second-order valence-corrected chi connectivity index (χ2v) is 4.78. The summed E-state index contributed by atoms with van der Waals surface area (Å²) in [6.45, 7) is 1.44. The van der Waals surface area contributed by atoms with E-state index in [1.807, 2.05) is 0 Å². The third kappa shape index (κ3) is 3.44. The zero-order chi connectivity index (χ0) is 11.1. The molecule has 1 aliphatic carbocycles. The van der Waals surface area contributed by atoms with E-state index in [-0.39, 0.29) is 11.5 Å². The Hall–Kier alpha value is -0.120. The summed E-state index contributed by atoms with van der Waals surface area (Å²) in [5, 5.41) is 10.1. The van der Waals surface area contributed by atoms with Crippen molar-refractivity contribution < 1.29 is 9.84 Å². The van der Waals surface area contributed by atoms with Crippen LogP contribution in [0.1, 0.15) is 44.9 Å². The number of hydrogen-bond donors (Lipinski definition) is 2. The molecule has 1 aliphatic rings. The van der Waals surface area contributed by atoms with Gasteiger partial charge in [0.2, 0.25) is 0 Å². The minimum absolute atomic E-state index is 0.00594. The summed E-state index contributed by atoms with van der Waals surface area (Å²) in [7, 11) is 1.73. The van der Waals surface area contributed by atoms with Crippen LogP contribution in [0, 0.1) is 5.41 Å². The molecule has 0 aliphatic heterocycles. The number of methoxy groups -OCH3 is 1. The van der Waals surface area contributed by atoms with Gasteiger partial charge in [-0.1, -0.05) is 19.3 Å². The second-order valence-electron chi connectivity index (χ2n) is 4.78. The van der Waals surface area contributed by atoms with Gasteiger partial charge in [-0.05, 0) is 25.7 Å². The van der Waals surface area contributed by atoms with E-state index in [1.54, 1.807) is 7.11 Å². The fourth-order valence-electron chi connectivity index (χ4n) is 2.64. The quantitative estimate of drug-likeness (QED) is 0.663. The number of aliphatic hydroxyl groups excluding tert-OH is 1. The van der Waals surface area contributed by atoms with E-state index >= 15 is 0 Å². The lowest BCUT2D eigenvalue weighted by Gasteiger charge is -2.41. The maximum Gasteiger partial charge on any atom is 0.0608 e. The van der Waals surface area contributed by atoms with Gasteiger partial charge in [0.05, 0.1) is 6.10 Å². The van der Waals surface area contributed by atoms with Crippen LogP contribution in [0.4, 0.5) is 0 Å². The van der Waals surface area contributed by atoms with Crippen LogP contribution in [-0.4, -0.2) is 31.5 Å². The molecule has 2 atom stereocenters. The highest BCUT2D eigenvalue weighted by Crippen LogP contribution is 2.39. The van der Waals surface area contributed by atoms with Gasteiger partial charge >= 0.3 is 0 Å². The normalized spacial score (nSPS) is 31.8. The Morgan fingerprint density at radius 3 is 2.80 bits per heavy atom. The fraction of sp³-hybridized carbons (Fsp3) is 1.00. The zero-order valence-electron chi connectivity index (χ0n) is 9.87. The van der Waals surface area contributed by atoms with Gasteiger partial charge in [-0.15, -0.1) is 0 Å². The lowest BCUT2D eigenvalue weighted by molar-refractivity contribution is -0.0141. The molecule has 1 rings (SSSR count). The van der Waals surface area contributed by atoms with Gasteiger partial charge in [-0.2, -0.15) is 0 Å². The van der Waals surface area contributed by atoms with Gasteiger partial charge in [0.1, 0.15) is 0 Å². The number of nitrogens with two attached hydrogens (primary N) is 1. The number of unbranched alkanes of at least 4 members (excludes halogenated alkanes) is 1. The Labute approximate surface area is 93.0 Å². The average molecular weight is 215 g/mol. The first-order valence-corrected chi connectivity index (χ1v) is 6.12. The number of hydrogen-bond acceptors (Lipinski definition) is 3. The molecule has 1 saturated carbocycles. The zero-order valence-corrected chi connectivity index (χ0v) is 9.87. The number of rotatable bonds is 6. The first-order chi connectivity index (χ1) is 7.25. The van der Waals surface area contributed by atoms with Crippen molar-refractivity contribution in [3.05, 3.63) is 0 Å². The summed E-state index contributed by atoms with van der Waals surface area (Å²) < 4.78 is 5.03. The monoisotopic (exact) mass is 215 g/mol. The molecule has 0 bridgehead atoms. The van der Waals surface area contributed by atoms with Crippen LogP contribution < -0.4 is 5.73 Å². The Kier molecular flexibility index (Phi) is 5.58. The van der Waals surface area contributed by atoms with Gasteiger partial charge in [-0.3, -0.25) is 0 Å². The van der Waals surface area contributed by atoms with Gasteiger partial charge in [0, 0.05) is 25.7 Å². The van der Waals surface area contributed by atoms with Crippen molar-refractivity contribution in [1.29, 1.82) is 0 Å². The minimum atomic E-state index is -0.182. The number of ether oxygens (including phenoxy) is 1. The Morgan fingerprint density at radius 1 is 1.40 bits per heavy atom. The molecule has 3 heteroatoms. The summed E-state index contributed by atoms with van der Waals surface area (Å²) in [5.41, 5.74) is 5.86. The van der Waals surface area contributed by atoms with Gasteiger partial charge in [-0.25, -0.2) is 0 Å². The van der Waals surface area contributed by atoms with Gasteiger partial charge in [0.15, 0.2) is 0 Å². The lowest BCUT2D eigenvalue weighted by Crippen LogP contribution is -2.44. The maximum absolute atomic E-state index is 10.1. The van der Waals surface area contributed by atoms with E-state index in [9.17, 15) is 5.11 Å². The van der Waals surface area contributed by atoms with Crippen LogP contribution in [0.3, 0.4) is 0 Å². The molecule has 0 amide bonds. The lowest BCUT2D eigenvalue weighted by atomic mass is 9.69. The summed E-state index contributed by atoms with van der Waals surface area (Å²) in [5.74, 6) is 0. The first kappa shape index (κ1) is 12.9. The molecule has 0 spiro atoms. The Balaban J connectivity index is 2.37. The van der Waals surface area contributed by atoms with E-state index < -0.39 is 0 Å². The fourth-order valence-corrected chi connectivity index (χ4v) is 2.64. The molecular weight excluding hydrogens is 190 g/mol. The van der Waals surface area contributed by atoms with Crippen molar-refractivity contribution in [3.8, 4) is 0 Å². The highest BCUT2D eigenvalue weighted by atomic mass is 16.5. The summed E-state index contributed by atoms with van der Waals surface area (Å²) in [4.78, 5) is 0. The molecule has 0 radical (unpaired) electrons. The molecule has 2 unspecified atom stereocenters. The van der Waals surface area contributed by atoms with E-state index in [1.165, 1.54) is 6.42 Å². The van der Waals surface area contributed by atoms with Crippen molar-refractivity contribution in [2.45, 2.75) is 51.0 Å². The van der Waals surface area contributed by atoms with Crippen LogP contribution in [-0.2, 0) is 4.74 Å². The maximum atomic E-state index is 10.1. The largest absolute Gasteiger partial charge is 0.393 e. The summed E-state index contributed by atoms with van der Waals surface area (Å²) >= 11 is 0. The predicted octanol–water partition coefficient (Wildman–Crippen LogP) is 1.68. The molecule has 90 valence electrons. The molecule has 15 heavy (non-hydrogen) atoms. The van der Waals surface area contributed by atoms with Crippen molar-refractivity contribution >= 4 is 0 Å². The second kappa shape index (κ2) is 6.46. The molecule has 0 saturated heterocycles. The molecule has 0 aromatic carbocycles. The van der Waals surface area contributed by atoms with E-state index in [4.69, 9.17) is 10.5 Å². The van der Waals surface area contributed by atoms with Crippen molar-refractivity contribution in [1.82, 2.24) is 0 Å². The van der Waals surface area contributed by atoms with E-state index in [2.05, 4.69) is 0 Å². The average Bonchev–Trinajstić information content (AvgIpc) is 2.27. The van der Waals surface area contributed by atoms with Gasteiger partial charge in [0.25, 0.3) is 0 Å². The van der Waals surface area contributed by atoms with E-state index in [0.717, 1.165) is 45.1 Å². The minimum Gasteiger partial charge on any atom is -0.393 e. The third-order valence-electron chi connectivity index (χ3n) is 3.79. The van der Waals surface area contributed by atoms with Crippen LogP contribution in [0.15, 0.2) is 0 Å². The molecule has 3 nitrogen and oxygen atoms in total. The SMILES string of the molecule is COCCCCC1(CN)CCCCC1O. The van der Waals surface area contributed by atoms with Gasteiger partial charge < -0.3 is 15.6 Å². The summed E-state index contributed by atoms with van der Waals surface area (Å²) in [6.07, 6.45) is 7.46. The van der Waals surface area contributed by atoms with Crippen LogP contribution >= 0.6 is 0 Å². The molecule has 1 fully saturated rings. The molecule has 0 aromatic heterocycles. The van der Waals surface area contributed by atoms with Crippen LogP contribution in [0.25, 0.3) is 0 Å². The highest BCUT2D eigenvalue weighted by molar-refractivity contribution is 4.90. The van der Waals surface area contributed by atoms with Crippen LogP contribution in [0.2, 0.25) is 0 Å². The molecule has 0 heterocycles.